The number of hydrogen-bond acceptors (Lipinski definition) is 4. The fraction of sp³-hybridized carbons (Fsp3) is 0.111. The maximum absolute atomic E-state index is 6.19. The zero-order valence-electron chi connectivity index (χ0n) is 12.7. The molecule has 2 aromatic heterocycles. The van der Waals surface area contributed by atoms with Crippen LogP contribution in [-0.4, -0.2) is 9.97 Å². The summed E-state index contributed by atoms with van der Waals surface area (Å²) in [6.07, 6.45) is 3.42. The van der Waals surface area contributed by atoms with Crippen LogP contribution >= 0.6 is 23.2 Å². The van der Waals surface area contributed by atoms with Crippen LogP contribution < -0.4 is 9.47 Å². The molecule has 122 valence electrons. The molecule has 0 N–H and O–H groups in total. The van der Waals surface area contributed by atoms with Crippen LogP contribution in [0.3, 0.4) is 0 Å². The van der Waals surface area contributed by atoms with Gasteiger partial charge >= 0.3 is 0 Å². The van der Waals surface area contributed by atoms with Crippen LogP contribution in [0.4, 0.5) is 0 Å². The van der Waals surface area contributed by atoms with Crippen molar-refractivity contribution in [2.45, 2.75) is 13.2 Å². The molecule has 24 heavy (non-hydrogen) atoms. The standard InChI is InChI=1S/C18H14Cl2N2O2/c19-15-9-16(20)18(24-12-14-6-2-4-8-22-14)10-17(15)23-11-13-5-1-3-7-21-13/h1-10H,11-12H2. The summed E-state index contributed by atoms with van der Waals surface area (Å²) in [5, 5.41) is 0.835. The van der Waals surface area contributed by atoms with E-state index in [2.05, 4.69) is 9.97 Å². The number of hydrogen-bond donors (Lipinski definition) is 0. The van der Waals surface area contributed by atoms with Crippen LogP contribution in [0.2, 0.25) is 10.0 Å². The predicted octanol–water partition coefficient (Wildman–Crippen LogP) is 4.94. The molecule has 0 unspecified atom stereocenters. The number of benzene rings is 1. The minimum absolute atomic E-state index is 0.307. The Morgan fingerprint density at radius 1 is 0.708 bits per heavy atom. The van der Waals surface area contributed by atoms with E-state index in [0.29, 0.717) is 34.8 Å². The first kappa shape index (κ1) is 16.6. The van der Waals surface area contributed by atoms with Gasteiger partial charge in [-0.05, 0) is 30.3 Å². The van der Waals surface area contributed by atoms with Gasteiger partial charge in [0.05, 0.1) is 21.4 Å². The van der Waals surface area contributed by atoms with Crippen LogP contribution in [0.1, 0.15) is 11.4 Å². The highest BCUT2D eigenvalue weighted by atomic mass is 35.5. The molecular formula is C18H14Cl2N2O2. The summed E-state index contributed by atoms with van der Waals surface area (Å²) in [6, 6.07) is 14.5. The van der Waals surface area contributed by atoms with Crippen LogP contribution in [0.5, 0.6) is 11.5 Å². The zero-order chi connectivity index (χ0) is 16.8. The number of ether oxygens (including phenoxy) is 2. The van der Waals surface area contributed by atoms with E-state index in [4.69, 9.17) is 32.7 Å². The van der Waals surface area contributed by atoms with Crippen molar-refractivity contribution in [2.24, 2.45) is 0 Å². The highest BCUT2D eigenvalue weighted by Gasteiger charge is 2.11. The van der Waals surface area contributed by atoms with E-state index in [1.54, 1.807) is 24.5 Å². The van der Waals surface area contributed by atoms with Gasteiger partial charge in [0.2, 0.25) is 0 Å². The average Bonchev–Trinajstić information content (AvgIpc) is 2.62. The molecule has 0 amide bonds. The van der Waals surface area contributed by atoms with E-state index >= 15 is 0 Å². The molecule has 0 spiro atoms. The maximum atomic E-state index is 6.19. The van der Waals surface area contributed by atoms with Crippen molar-refractivity contribution < 1.29 is 9.47 Å². The van der Waals surface area contributed by atoms with Gasteiger partial charge < -0.3 is 9.47 Å². The molecular weight excluding hydrogens is 347 g/mol. The molecule has 0 aliphatic carbocycles. The van der Waals surface area contributed by atoms with Gasteiger partial charge in [-0.1, -0.05) is 35.3 Å². The highest BCUT2D eigenvalue weighted by Crippen LogP contribution is 2.36. The molecule has 0 atom stereocenters. The minimum Gasteiger partial charge on any atom is -0.486 e. The molecule has 3 rings (SSSR count). The highest BCUT2D eigenvalue weighted by molar-refractivity contribution is 6.36. The van der Waals surface area contributed by atoms with Gasteiger partial charge in [-0.15, -0.1) is 0 Å². The smallest absolute Gasteiger partial charge is 0.142 e. The van der Waals surface area contributed by atoms with E-state index in [1.807, 2.05) is 36.4 Å². The van der Waals surface area contributed by atoms with Crippen LogP contribution in [-0.2, 0) is 13.2 Å². The third-order valence-electron chi connectivity index (χ3n) is 3.19. The Bertz CT molecular complexity index is 734. The number of nitrogens with zero attached hydrogens (tertiary/aromatic N) is 2. The Morgan fingerprint density at radius 2 is 1.21 bits per heavy atom. The van der Waals surface area contributed by atoms with Gasteiger partial charge in [0.1, 0.15) is 24.7 Å². The number of pyridine rings is 2. The third kappa shape index (κ3) is 4.37. The molecule has 2 heterocycles. The lowest BCUT2D eigenvalue weighted by Gasteiger charge is -2.12. The molecule has 0 fully saturated rings. The van der Waals surface area contributed by atoms with Gasteiger partial charge in [0.25, 0.3) is 0 Å². The molecule has 4 nitrogen and oxygen atoms in total. The molecule has 3 aromatic rings. The fourth-order valence-corrected chi connectivity index (χ4v) is 2.49. The quantitative estimate of drug-likeness (QED) is 0.624. The molecule has 0 aliphatic rings. The topological polar surface area (TPSA) is 44.2 Å². The largest absolute Gasteiger partial charge is 0.486 e. The lowest BCUT2D eigenvalue weighted by Crippen LogP contribution is -2.01. The first-order valence-electron chi connectivity index (χ1n) is 7.27. The van der Waals surface area contributed by atoms with Crippen molar-refractivity contribution >= 4 is 23.2 Å². The average molecular weight is 361 g/mol. The second-order valence-electron chi connectivity index (χ2n) is 4.93. The molecule has 1 aromatic carbocycles. The van der Waals surface area contributed by atoms with E-state index in [1.165, 1.54) is 0 Å². The van der Waals surface area contributed by atoms with Crippen LogP contribution in [0.15, 0.2) is 60.9 Å². The van der Waals surface area contributed by atoms with Gasteiger partial charge in [-0.2, -0.15) is 0 Å². The van der Waals surface area contributed by atoms with E-state index < -0.39 is 0 Å². The number of aromatic nitrogens is 2. The first-order valence-corrected chi connectivity index (χ1v) is 8.02. The van der Waals surface area contributed by atoms with E-state index in [0.717, 1.165) is 11.4 Å². The Balaban J connectivity index is 1.71. The van der Waals surface area contributed by atoms with Crippen molar-refractivity contribution in [1.82, 2.24) is 9.97 Å². The second kappa shape index (κ2) is 7.99. The Kier molecular flexibility index (Phi) is 5.51. The summed E-state index contributed by atoms with van der Waals surface area (Å²) in [7, 11) is 0. The van der Waals surface area contributed by atoms with Crippen molar-refractivity contribution in [3.05, 3.63) is 82.4 Å². The summed E-state index contributed by atoms with van der Waals surface area (Å²) in [5.74, 6) is 0.977. The molecule has 0 radical (unpaired) electrons. The molecule has 0 bridgehead atoms. The lowest BCUT2D eigenvalue weighted by atomic mass is 10.3. The second-order valence-corrected chi connectivity index (χ2v) is 5.75. The maximum Gasteiger partial charge on any atom is 0.142 e. The predicted molar refractivity (Wildman–Crippen MR) is 93.6 cm³/mol. The van der Waals surface area contributed by atoms with E-state index in [9.17, 15) is 0 Å². The first-order chi connectivity index (χ1) is 11.7. The zero-order valence-corrected chi connectivity index (χ0v) is 14.2. The van der Waals surface area contributed by atoms with Gasteiger partial charge in [0.15, 0.2) is 0 Å². The third-order valence-corrected chi connectivity index (χ3v) is 3.78. The van der Waals surface area contributed by atoms with Crippen molar-refractivity contribution in [3.63, 3.8) is 0 Å². The van der Waals surface area contributed by atoms with Gasteiger partial charge in [-0.3, -0.25) is 9.97 Å². The Morgan fingerprint density at radius 3 is 1.62 bits per heavy atom. The Labute approximate surface area is 150 Å². The van der Waals surface area contributed by atoms with Gasteiger partial charge in [-0.25, -0.2) is 0 Å². The molecule has 6 heteroatoms. The number of halogens is 2. The summed E-state index contributed by atoms with van der Waals surface area (Å²) < 4.78 is 11.4. The van der Waals surface area contributed by atoms with Crippen molar-refractivity contribution in [1.29, 1.82) is 0 Å². The minimum atomic E-state index is 0.307. The number of rotatable bonds is 6. The Hall–Kier alpha value is -2.30. The normalized spacial score (nSPS) is 10.4. The van der Waals surface area contributed by atoms with Gasteiger partial charge in [0, 0.05) is 18.5 Å². The molecule has 0 saturated carbocycles. The van der Waals surface area contributed by atoms with Crippen LogP contribution in [0.25, 0.3) is 0 Å². The fourth-order valence-electron chi connectivity index (χ4n) is 2.00. The molecule has 0 saturated heterocycles. The van der Waals surface area contributed by atoms with E-state index in [-0.39, 0.29) is 0 Å². The summed E-state index contributed by atoms with van der Waals surface area (Å²) >= 11 is 12.4. The van der Waals surface area contributed by atoms with Crippen LogP contribution in [0, 0.1) is 0 Å². The van der Waals surface area contributed by atoms with Crippen molar-refractivity contribution in [2.75, 3.05) is 0 Å². The summed E-state index contributed by atoms with van der Waals surface area (Å²) in [5.41, 5.74) is 1.61. The summed E-state index contributed by atoms with van der Waals surface area (Å²) in [4.78, 5) is 8.41. The summed E-state index contributed by atoms with van der Waals surface area (Å²) in [6.45, 7) is 0.615. The SMILES string of the molecule is Clc1cc(Cl)c(OCc2ccccn2)cc1OCc1ccccn1. The molecule has 0 aliphatic heterocycles. The lowest BCUT2D eigenvalue weighted by molar-refractivity contribution is 0.285. The van der Waals surface area contributed by atoms with Crippen molar-refractivity contribution in [3.8, 4) is 11.5 Å². The monoisotopic (exact) mass is 360 g/mol.